The Kier molecular flexibility index (Phi) is 4.00. The van der Waals surface area contributed by atoms with Crippen LogP contribution in [-0.2, 0) is 9.53 Å². The van der Waals surface area contributed by atoms with Gasteiger partial charge in [0.1, 0.15) is 0 Å². The quantitative estimate of drug-likeness (QED) is 0.853. The molecule has 2 fully saturated rings. The van der Waals surface area contributed by atoms with Crippen LogP contribution in [-0.4, -0.2) is 51.2 Å². The third-order valence-electron chi connectivity index (χ3n) is 5.16. The number of benzene rings is 1. The first-order valence-electron chi connectivity index (χ1n) is 7.70. The van der Waals surface area contributed by atoms with E-state index >= 15 is 0 Å². The first-order chi connectivity index (χ1) is 10.2. The Labute approximate surface area is 126 Å². The summed E-state index contributed by atoms with van der Waals surface area (Å²) < 4.78 is 5.37. The smallest absolute Gasteiger partial charge is 0.233 e. The van der Waals surface area contributed by atoms with E-state index in [0.717, 1.165) is 38.2 Å². The topological polar surface area (TPSA) is 32.8 Å². The molecule has 1 amide bonds. The summed E-state index contributed by atoms with van der Waals surface area (Å²) >= 11 is 0. The van der Waals surface area contributed by atoms with Crippen molar-refractivity contribution in [2.75, 3.05) is 45.3 Å². The van der Waals surface area contributed by atoms with Crippen molar-refractivity contribution < 1.29 is 9.53 Å². The Bertz CT molecular complexity index is 495. The van der Waals surface area contributed by atoms with Gasteiger partial charge in [0, 0.05) is 24.8 Å². The number of para-hydroxylation sites is 1. The average molecular weight is 288 g/mol. The monoisotopic (exact) mass is 288 g/mol. The van der Waals surface area contributed by atoms with Gasteiger partial charge in [-0.2, -0.15) is 0 Å². The highest BCUT2D eigenvalue weighted by Gasteiger charge is 2.53. The van der Waals surface area contributed by atoms with Gasteiger partial charge >= 0.3 is 0 Å². The number of methoxy groups -OCH3 is 1. The van der Waals surface area contributed by atoms with Gasteiger partial charge in [-0.05, 0) is 45.1 Å². The van der Waals surface area contributed by atoms with E-state index in [0.29, 0.717) is 6.61 Å². The summed E-state index contributed by atoms with van der Waals surface area (Å²) in [5.41, 5.74) is 1.09. The Morgan fingerprint density at radius 3 is 2.52 bits per heavy atom. The summed E-state index contributed by atoms with van der Waals surface area (Å²) in [7, 11) is 3.85. The van der Waals surface area contributed by atoms with E-state index in [4.69, 9.17) is 4.74 Å². The minimum absolute atomic E-state index is 0.00333. The van der Waals surface area contributed by atoms with Crippen LogP contribution in [0.15, 0.2) is 30.3 Å². The van der Waals surface area contributed by atoms with Crippen LogP contribution in [0.2, 0.25) is 0 Å². The lowest BCUT2D eigenvalue weighted by molar-refractivity contribution is -0.125. The fraction of sp³-hybridized carbons (Fsp3) is 0.588. The molecule has 1 aromatic carbocycles. The summed E-state index contributed by atoms with van der Waals surface area (Å²) in [4.78, 5) is 17.2. The molecule has 4 heteroatoms. The number of hydrogen-bond donors (Lipinski definition) is 0. The number of nitrogens with zero attached hydrogens (tertiary/aromatic N) is 2. The van der Waals surface area contributed by atoms with Gasteiger partial charge in [0.25, 0.3) is 0 Å². The molecular formula is C17H24N2O2. The highest BCUT2D eigenvalue weighted by Crippen LogP contribution is 2.46. The van der Waals surface area contributed by atoms with Crippen LogP contribution >= 0.6 is 0 Å². The number of likely N-dealkylation sites (tertiary alicyclic amines) is 1. The highest BCUT2D eigenvalue weighted by molar-refractivity contribution is 5.98. The fourth-order valence-corrected chi connectivity index (χ4v) is 3.76. The van der Waals surface area contributed by atoms with Gasteiger partial charge < -0.3 is 14.5 Å². The van der Waals surface area contributed by atoms with Crippen molar-refractivity contribution in [1.82, 2.24) is 4.90 Å². The third-order valence-corrected chi connectivity index (χ3v) is 5.16. The molecule has 1 aromatic rings. The molecule has 0 aromatic heterocycles. The molecule has 0 N–H and O–H groups in total. The number of piperidine rings is 1. The molecule has 114 valence electrons. The van der Waals surface area contributed by atoms with Gasteiger partial charge in [-0.15, -0.1) is 0 Å². The summed E-state index contributed by atoms with van der Waals surface area (Å²) in [6, 6.07) is 10.0. The fourth-order valence-electron chi connectivity index (χ4n) is 3.76. The molecule has 4 nitrogen and oxygen atoms in total. The molecule has 0 bridgehead atoms. The Hall–Kier alpha value is -1.39. The first-order valence-corrected chi connectivity index (χ1v) is 7.70. The minimum Gasteiger partial charge on any atom is -0.384 e. The summed E-state index contributed by atoms with van der Waals surface area (Å²) in [5.74, 6) is 0.226. The van der Waals surface area contributed by atoms with Gasteiger partial charge in [-0.25, -0.2) is 0 Å². The SMILES string of the molecule is COC[C@H]1C(=O)N(c2ccccc2)CC12CCN(C)CC2. The maximum atomic E-state index is 12.9. The summed E-state index contributed by atoms with van der Waals surface area (Å²) in [6.45, 7) is 3.50. The van der Waals surface area contributed by atoms with Crippen molar-refractivity contribution in [2.24, 2.45) is 11.3 Å². The van der Waals surface area contributed by atoms with E-state index in [-0.39, 0.29) is 17.2 Å². The molecule has 2 aliphatic rings. The van der Waals surface area contributed by atoms with Crippen molar-refractivity contribution in [3.05, 3.63) is 30.3 Å². The minimum atomic E-state index is -0.00333. The number of anilines is 1. The van der Waals surface area contributed by atoms with E-state index in [1.807, 2.05) is 35.2 Å². The number of hydrogen-bond acceptors (Lipinski definition) is 3. The zero-order valence-electron chi connectivity index (χ0n) is 12.9. The Morgan fingerprint density at radius 2 is 1.90 bits per heavy atom. The van der Waals surface area contributed by atoms with Crippen LogP contribution in [0, 0.1) is 11.3 Å². The zero-order chi connectivity index (χ0) is 14.9. The van der Waals surface area contributed by atoms with Crippen LogP contribution in [0.3, 0.4) is 0 Å². The van der Waals surface area contributed by atoms with E-state index in [2.05, 4.69) is 11.9 Å². The maximum absolute atomic E-state index is 12.9. The number of ether oxygens (including phenoxy) is 1. The zero-order valence-corrected chi connectivity index (χ0v) is 12.9. The third kappa shape index (κ3) is 2.58. The Balaban J connectivity index is 1.88. The van der Waals surface area contributed by atoms with Gasteiger partial charge in [-0.1, -0.05) is 18.2 Å². The average Bonchev–Trinajstić information content (AvgIpc) is 2.78. The Morgan fingerprint density at radius 1 is 1.24 bits per heavy atom. The number of amides is 1. The van der Waals surface area contributed by atoms with Crippen molar-refractivity contribution >= 4 is 11.6 Å². The lowest BCUT2D eigenvalue weighted by atomic mass is 9.71. The lowest BCUT2D eigenvalue weighted by Gasteiger charge is -2.40. The molecule has 0 unspecified atom stereocenters. The highest BCUT2D eigenvalue weighted by atomic mass is 16.5. The van der Waals surface area contributed by atoms with Gasteiger partial charge in [0.2, 0.25) is 5.91 Å². The van der Waals surface area contributed by atoms with Crippen LogP contribution in [0.25, 0.3) is 0 Å². The van der Waals surface area contributed by atoms with Crippen molar-refractivity contribution in [1.29, 1.82) is 0 Å². The molecule has 21 heavy (non-hydrogen) atoms. The van der Waals surface area contributed by atoms with Gasteiger partial charge in [0.05, 0.1) is 12.5 Å². The van der Waals surface area contributed by atoms with Crippen molar-refractivity contribution in [3.8, 4) is 0 Å². The standard InChI is InChI=1S/C17H24N2O2/c1-18-10-8-17(9-11-18)13-19(14-6-4-3-5-7-14)16(20)15(17)12-21-2/h3-7,15H,8-13H2,1-2H3/t15-/m0/s1. The predicted octanol–water partition coefficient (Wildman–Crippen LogP) is 2.01. The first kappa shape index (κ1) is 14.5. The lowest BCUT2D eigenvalue weighted by Crippen LogP contribution is -2.44. The number of carbonyl (C=O) groups is 1. The molecule has 1 spiro atoms. The summed E-state index contributed by atoms with van der Waals surface area (Å²) in [6.07, 6.45) is 2.15. The summed E-state index contributed by atoms with van der Waals surface area (Å²) in [5, 5.41) is 0. The van der Waals surface area contributed by atoms with E-state index in [1.165, 1.54) is 0 Å². The van der Waals surface area contributed by atoms with E-state index < -0.39 is 0 Å². The molecule has 2 aliphatic heterocycles. The molecule has 3 rings (SSSR count). The van der Waals surface area contributed by atoms with E-state index in [1.54, 1.807) is 7.11 Å². The van der Waals surface area contributed by atoms with Gasteiger partial charge in [0.15, 0.2) is 0 Å². The second-order valence-electron chi connectivity index (χ2n) is 6.43. The van der Waals surface area contributed by atoms with Crippen LogP contribution in [0.4, 0.5) is 5.69 Å². The maximum Gasteiger partial charge on any atom is 0.233 e. The number of rotatable bonds is 3. The molecular weight excluding hydrogens is 264 g/mol. The molecule has 2 heterocycles. The molecule has 0 saturated carbocycles. The van der Waals surface area contributed by atoms with Crippen LogP contribution in [0.1, 0.15) is 12.8 Å². The van der Waals surface area contributed by atoms with E-state index in [9.17, 15) is 4.79 Å². The van der Waals surface area contributed by atoms with Crippen LogP contribution in [0.5, 0.6) is 0 Å². The van der Waals surface area contributed by atoms with Crippen molar-refractivity contribution in [3.63, 3.8) is 0 Å². The molecule has 2 saturated heterocycles. The van der Waals surface area contributed by atoms with Gasteiger partial charge in [-0.3, -0.25) is 4.79 Å². The normalized spacial score (nSPS) is 25.7. The van der Waals surface area contributed by atoms with Crippen LogP contribution < -0.4 is 4.90 Å². The predicted molar refractivity (Wildman–Crippen MR) is 83.3 cm³/mol. The van der Waals surface area contributed by atoms with Crippen molar-refractivity contribution in [2.45, 2.75) is 12.8 Å². The number of carbonyl (C=O) groups excluding carboxylic acids is 1. The second-order valence-corrected chi connectivity index (χ2v) is 6.43. The molecule has 0 radical (unpaired) electrons. The molecule has 0 aliphatic carbocycles. The second kappa shape index (κ2) is 5.78. The molecule has 1 atom stereocenters. The largest absolute Gasteiger partial charge is 0.384 e.